The van der Waals surface area contributed by atoms with Gasteiger partial charge in [0.1, 0.15) is 6.33 Å². The Bertz CT molecular complexity index is 419. The molecule has 4 heteroatoms. The van der Waals surface area contributed by atoms with Crippen molar-refractivity contribution in [3.8, 4) is 11.4 Å². The van der Waals surface area contributed by atoms with Crippen molar-refractivity contribution < 1.29 is 0 Å². The maximum absolute atomic E-state index is 4.03. The first-order chi connectivity index (χ1) is 6.29. The second-order valence-electron chi connectivity index (χ2n) is 2.96. The van der Waals surface area contributed by atoms with Crippen LogP contribution in [0.5, 0.6) is 0 Å². The van der Waals surface area contributed by atoms with Crippen molar-refractivity contribution in [1.82, 2.24) is 19.7 Å². The quantitative estimate of drug-likeness (QED) is 0.652. The van der Waals surface area contributed by atoms with Crippen molar-refractivity contribution in [2.45, 2.75) is 6.92 Å². The first-order valence-corrected chi connectivity index (χ1v) is 4.04. The lowest BCUT2D eigenvalue weighted by Crippen LogP contribution is -1.93. The molecule has 0 N–H and O–H groups in total. The highest BCUT2D eigenvalue weighted by atomic mass is 15.2. The van der Waals surface area contributed by atoms with E-state index in [2.05, 4.69) is 15.2 Å². The predicted molar refractivity (Wildman–Crippen MR) is 49.0 cm³/mol. The fourth-order valence-electron chi connectivity index (χ4n) is 1.25. The standard InChI is InChI=1S/C9H10N4/c1-7-5-10-4-3-8(7)9-12-11-6-13(9)2/h3-6H,1-2H3. The monoisotopic (exact) mass is 174 g/mol. The number of pyridine rings is 1. The first-order valence-electron chi connectivity index (χ1n) is 4.04. The molecule has 2 heterocycles. The molecule has 0 fully saturated rings. The Morgan fingerprint density at radius 1 is 1.38 bits per heavy atom. The number of rotatable bonds is 1. The van der Waals surface area contributed by atoms with Gasteiger partial charge < -0.3 is 4.57 Å². The fourth-order valence-corrected chi connectivity index (χ4v) is 1.25. The number of aromatic nitrogens is 4. The van der Waals surface area contributed by atoms with E-state index in [9.17, 15) is 0 Å². The van der Waals surface area contributed by atoms with Gasteiger partial charge in [-0.15, -0.1) is 10.2 Å². The number of nitrogens with zero attached hydrogens (tertiary/aromatic N) is 4. The summed E-state index contributed by atoms with van der Waals surface area (Å²) in [5.74, 6) is 0.875. The third-order valence-electron chi connectivity index (χ3n) is 1.97. The fraction of sp³-hybridized carbons (Fsp3) is 0.222. The molecule has 0 radical (unpaired) electrons. The molecule has 0 aliphatic heterocycles. The van der Waals surface area contributed by atoms with Gasteiger partial charge in [0.15, 0.2) is 5.82 Å². The number of aryl methyl sites for hydroxylation is 2. The van der Waals surface area contributed by atoms with Gasteiger partial charge in [0, 0.05) is 25.0 Å². The highest BCUT2D eigenvalue weighted by Gasteiger charge is 2.06. The third kappa shape index (κ3) is 1.30. The zero-order chi connectivity index (χ0) is 9.26. The molecule has 0 unspecified atom stereocenters. The van der Waals surface area contributed by atoms with Gasteiger partial charge in [0.2, 0.25) is 0 Å². The van der Waals surface area contributed by atoms with Crippen LogP contribution in [-0.4, -0.2) is 19.7 Å². The minimum atomic E-state index is 0.875. The third-order valence-corrected chi connectivity index (χ3v) is 1.97. The Balaban J connectivity index is 2.59. The molecule has 0 saturated heterocycles. The summed E-state index contributed by atoms with van der Waals surface area (Å²) in [6, 6.07) is 1.94. The van der Waals surface area contributed by atoms with E-state index in [1.165, 1.54) is 0 Å². The van der Waals surface area contributed by atoms with Crippen molar-refractivity contribution >= 4 is 0 Å². The molecule has 2 aromatic rings. The van der Waals surface area contributed by atoms with Crippen LogP contribution in [0.1, 0.15) is 5.56 Å². The maximum atomic E-state index is 4.03. The van der Waals surface area contributed by atoms with Crippen LogP contribution >= 0.6 is 0 Å². The zero-order valence-corrected chi connectivity index (χ0v) is 7.60. The van der Waals surface area contributed by atoms with Crippen LogP contribution in [0.4, 0.5) is 0 Å². The van der Waals surface area contributed by atoms with Crippen molar-refractivity contribution in [1.29, 1.82) is 0 Å². The van der Waals surface area contributed by atoms with Crippen molar-refractivity contribution in [2.24, 2.45) is 7.05 Å². The van der Waals surface area contributed by atoms with Crippen LogP contribution in [0, 0.1) is 6.92 Å². The minimum absolute atomic E-state index is 0.875. The van der Waals surface area contributed by atoms with Crippen LogP contribution < -0.4 is 0 Å². The van der Waals surface area contributed by atoms with Gasteiger partial charge in [-0.1, -0.05) is 0 Å². The lowest BCUT2D eigenvalue weighted by atomic mass is 10.1. The number of hydrogen-bond acceptors (Lipinski definition) is 3. The molecule has 13 heavy (non-hydrogen) atoms. The molecule has 0 spiro atoms. The normalized spacial score (nSPS) is 10.3. The molecule has 0 amide bonds. The molecule has 0 aliphatic carbocycles. The lowest BCUT2D eigenvalue weighted by molar-refractivity contribution is 0.918. The van der Waals surface area contributed by atoms with Gasteiger partial charge in [-0.05, 0) is 18.6 Å². The zero-order valence-electron chi connectivity index (χ0n) is 7.60. The molecule has 4 nitrogen and oxygen atoms in total. The predicted octanol–water partition coefficient (Wildman–Crippen LogP) is 1.19. The second kappa shape index (κ2) is 2.97. The van der Waals surface area contributed by atoms with Gasteiger partial charge in [-0.2, -0.15) is 0 Å². The molecule has 0 aliphatic rings. The summed E-state index contributed by atoms with van der Waals surface area (Å²) < 4.78 is 1.89. The minimum Gasteiger partial charge on any atom is -0.317 e. The van der Waals surface area contributed by atoms with Crippen LogP contribution in [0.25, 0.3) is 11.4 Å². The molecule has 0 atom stereocenters. The SMILES string of the molecule is Cc1cnccc1-c1nncn1C. The molecule has 0 aromatic carbocycles. The summed E-state index contributed by atoms with van der Waals surface area (Å²) in [6.45, 7) is 2.01. The summed E-state index contributed by atoms with van der Waals surface area (Å²) >= 11 is 0. The van der Waals surface area contributed by atoms with Crippen LogP contribution in [-0.2, 0) is 7.05 Å². The van der Waals surface area contributed by atoms with Crippen LogP contribution in [0.3, 0.4) is 0 Å². The summed E-state index contributed by atoms with van der Waals surface area (Å²) in [7, 11) is 1.93. The highest BCUT2D eigenvalue weighted by molar-refractivity contribution is 5.58. The maximum Gasteiger partial charge on any atom is 0.163 e. The molecular formula is C9H10N4. The molecule has 2 rings (SSSR count). The summed E-state index contributed by atoms with van der Waals surface area (Å²) in [5.41, 5.74) is 2.19. The lowest BCUT2D eigenvalue weighted by Gasteiger charge is -2.02. The molecule has 2 aromatic heterocycles. The highest BCUT2D eigenvalue weighted by Crippen LogP contribution is 2.18. The molecule has 66 valence electrons. The summed E-state index contributed by atoms with van der Waals surface area (Å²) in [5, 5.41) is 7.86. The Morgan fingerprint density at radius 2 is 2.23 bits per heavy atom. The topological polar surface area (TPSA) is 43.6 Å². The first kappa shape index (κ1) is 7.91. The number of hydrogen-bond donors (Lipinski definition) is 0. The Kier molecular flexibility index (Phi) is 1.81. The van der Waals surface area contributed by atoms with Crippen LogP contribution in [0.15, 0.2) is 24.8 Å². The van der Waals surface area contributed by atoms with Gasteiger partial charge >= 0.3 is 0 Å². The molecule has 0 bridgehead atoms. The Morgan fingerprint density at radius 3 is 2.85 bits per heavy atom. The summed E-state index contributed by atoms with van der Waals surface area (Å²) in [6.07, 6.45) is 5.27. The van der Waals surface area contributed by atoms with Gasteiger partial charge in [0.05, 0.1) is 0 Å². The van der Waals surface area contributed by atoms with E-state index in [4.69, 9.17) is 0 Å². The van der Waals surface area contributed by atoms with Gasteiger partial charge in [-0.3, -0.25) is 4.98 Å². The Hall–Kier alpha value is -1.71. The average Bonchev–Trinajstić information content (AvgIpc) is 2.52. The van der Waals surface area contributed by atoms with Crippen molar-refractivity contribution in [2.75, 3.05) is 0 Å². The van der Waals surface area contributed by atoms with E-state index in [1.807, 2.05) is 30.8 Å². The molecular weight excluding hydrogens is 164 g/mol. The van der Waals surface area contributed by atoms with Crippen molar-refractivity contribution in [3.63, 3.8) is 0 Å². The van der Waals surface area contributed by atoms with E-state index in [0.717, 1.165) is 17.0 Å². The van der Waals surface area contributed by atoms with E-state index in [-0.39, 0.29) is 0 Å². The van der Waals surface area contributed by atoms with Gasteiger partial charge in [0.25, 0.3) is 0 Å². The molecule has 0 saturated carbocycles. The smallest absolute Gasteiger partial charge is 0.163 e. The average molecular weight is 174 g/mol. The van der Waals surface area contributed by atoms with E-state index < -0.39 is 0 Å². The summed E-state index contributed by atoms with van der Waals surface area (Å²) in [4.78, 5) is 4.03. The van der Waals surface area contributed by atoms with E-state index >= 15 is 0 Å². The van der Waals surface area contributed by atoms with Crippen molar-refractivity contribution in [3.05, 3.63) is 30.4 Å². The van der Waals surface area contributed by atoms with E-state index in [1.54, 1.807) is 12.5 Å². The Labute approximate surface area is 76.3 Å². The van der Waals surface area contributed by atoms with Gasteiger partial charge in [-0.25, -0.2) is 0 Å². The van der Waals surface area contributed by atoms with Crippen LogP contribution in [0.2, 0.25) is 0 Å². The second-order valence-corrected chi connectivity index (χ2v) is 2.96. The largest absolute Gasteiger partial charge is 0.317 e. The van der Waals surface area contributed by atoms with E-state index in [0.29, 0.717) is 0 Å².